The van der Waals surface area contributed by atoms with Crippen LogP contribution in [0.25, 0.3) is 0 Å². The Morgan fingerprint density at radius 1 is 1.47 bits per heavy atom. The molecule has 0 aliphatic rings. The van der Waals surface area contributed by atoms with Gasteiger partial charge in [-0.2, -0.15) is 0 Å². The molecular weight excluding hydrogens is 241 g/mol. The molecule has 17 heavy (non-hydrogen) atoms. The lowest BCUT2D eigenvalue weighted by Crippen LogP contribution is -2.27. The maximum Gasteiger partial charge on any atom is 0.127 e. The highest BCUT2D eigenvalue weighted by Crippen LogP contribution is 2.17. The SMILES string of the molecule is CCC(CO)CN(C)Cc1cc(Cl)ccc1F. The van der Waals surface area contributed by atoms with E-state index in [4.69, 9.17) is 16.7 Å². The van der Waals surface area contributed by atoms with Crippen LogP contribution in [0.15, 0.2) is 18.2 Å². The minimum atomic E-state index is -0.238. The van der Waals surface area contributed by atoms with E-state index in [0.717, 1.165) is 13.0 Å². The number of aliphatic hydroxyl groups is 1. The second-order valence-corrected chi connectivity index (χ2v) is 4.83. The quantitative estimate of drug-likeness (QED) is 0.849. The lowest BCUT2D eigenvalue weighted by Gasteiger charge is -2.22. The smallest absolute Gasteiger partial charge is 0.127 e. The van der Waals surface area contributed by atoms with E-state index >= 15 is 0 Å². The van der Waals surface area contributed by atoms with E-state index in [0.29, 0.717) is 17.1 Å². The summed E-state index contributed by atoms with van der Waals surface area (Å²) in [6.45, 7) is 3.45. The molecule has 2 nitrogen and oxygen atoms in total. The molecule has 0 aliphatic carbocycles. The maximum atomic E-state index is 13.5. The molecule has 4 heteroatoms. The number of nitrogens with zero attached hydrogens (tertiary/aromatic N) is 1. The second-order valence-electron chi connectivity index (χ2n) is 4.39. The van der Waals surface area contributed by atoms with Crippen LogP contribution in [0.2, 0.25) is 5.02 Å². The van der Waals surface area contributed by atoms with Gasteiger partial charge < -0.3 is 10.0 Å². The van der Waals surface area contributed by atoms with E-state index in [1.54, 1.807) is 12.1 Å². The predicted molar refractivity (Wildman–Crippen MR) is 68.6 cm³/mol. The van der Waals surface area contributed by atoms with Crippen molar-refractivity contribution in [2.45, 2.75) is 19.9 Å². The Morgan fingerprint density at radius 2 is 2.18 bits per heavy atom. The Balaban J connectivity index is 2.61. The number of rotatable bonds is 6. The van der Waals surface area contributed by atoms with Gasteiger partial charge in [-0.15, -0.1) is 0 Å². The Labute approximate surface area is 107 Å². The topological polar surface area (TPSA) is 23.5 Å². The van der Waals surface area contributed by atoms with Gasteiger partial charge in [-0.25, -0.2) is 4.39 Å². The van der Waals surface area contributed by atoms with Crippen LogP contribution in [-0.2, 0) is 6.54 Å². The van der Waals surface area contributed by atoms with Gasteiger partial charge in [0.05, 0.1) is 0 Å². The lowest BCUT2D eigenvalue weighted by molar-refractivity contribution is 0.172. The predicted octanol–water partition coefficient (Wildman–Crippen LogP) is 2.93. The molecule has 1 aromatic carbocycles. The van der Waals surface area contributed by atoms with E-state index < -0.39 is 0 Å². The van der Waals surface area contributed by atoms with Gasteiger partial charge in [0.1, 0.15) is 5.82 Å². The van der Waals surface area contributed by atoms with Crippen molar-refractivity contribution < 1.29 is 9.50 Å². The van der Waals surface area contributed by atoms with Gasteiger partial charge in [0.25, 0.3) is 0 Å². The minimum absolute atomic E-state index is 0.166. The fourth-order valence-corrected chi connectivity index (χ4v) is 1.97. The van der Waals surface area contributed by atoms with E-state index in [9.17, 15) is 4.39 Å². The summed E-state index contributed by atoms with van der Waals surface area (Å²) >= 11 is 5.84. The number of hydrogen-bond acceptors (Lipinski definition) is 2. The zero-order valence-electron chi connectivity index (χ0n) is 10.3. The largest absolute Gasteiger partial charge is 0.396 e. The fraction of sp³-hybridized carbons (Fsp3) is 0.538. The zero-order valence-corrected chi connectivity index (χ0v) is 11.0. The number of benzene rings is 1. The number of aliphatic hydroxyl groups excluding tert-OH is 1. The van der Waals surface area contributed by atoms with E-state index in [2.05, 4.69) is 0 Å². The molecule has 1 aromatic rings. The molecule has 0 heterocycles. The summed E-state index contributed by atoms with van der Waals surface area (Å²) in [7, 11) is 1.92. The average Bonchev–Trinajstić information content (AvgIpc) is 2.31. The molecule has 1 rings (SSSR count). The molecule has 1 N–H and O–H groups in total. The number of hydrogen-bond donors (Lipinski definition) is 1. The normalized spacial score (nSPS) is 13.1. The molecule has 0 saturated carbocycles. The van der Waals surface area contributed by atoms with Crippen LogP contribution in [0.4, 0.5) is 4.39 Å². The van der Waals surface area contributed by atoms with Crippen LogP contribution in [0.1, 0.15) is 18.9 Å². The van der Waals surface area contributed by atoms with Crippen LogP contribution in [0.3, 0.4) is 0 Å². The summed E-state index contributed by atoms with van der Waals surface area (Å²) in [6.07, 6.45) is 0.916. The van der Waals surface area contributed by atoms with Crippen LogP contribution >= 0.6 is 11.6 Å². The van der Waals surface area contributed by atoms with E-state index in [1.165, 1.54) is 6.07 Å². The summed E-state index contributed by atoms with van der Waals surface area (Å²) in [5.74, 6) is 0.000502. The molecule has 0 aliphatic heterocycles. The highest BCUT2D eigenvalue weighted by Gasteiger charge is 2.11. The molecule has 0 bridgehead atoms. The summed E-state index contributed by atoms with van der Waals surface area (Å²) in [5.41, 5.74) is 0.591. The Hall–Kier alpha value is -0.640. The standard InChI is InChI=1S/C13H19ClFNO/c1-3-10(9-17)7-16(2)8-11-6-12(14)4-5-13(11)15/h4-6,10,17H,3,7-9H2,1-2H3. The third kappa shape index (κ3) is 4.62. The first-order chi connectivity index (χ1) is 8.06. The van der Waals surface area contributed by atoms with Gasteiger partial charge in [0.15, 0.2) is 0 Å². The van der Waals surface area contributed by atoms with Gasteiger partial charge in [-0.05, 0) is 37.6 Å². The summed E-state index contributed by atoms with van der Waals surface area (Å²) in [6, 6.07) is 4.57. The van der Waals surface area contributed by atoms with Crippen LogP contribution in [-0.4, -0.2) is 30.2 Å². The maximum absolute atomic E-state index is 13.5. The Morgan fingerprint density at radius 3 is 2.76 bits per heavy atom. The molecule has 0 fully saturated rings. The molecule has 0 amide bonds. The first-order valence-electron chi connectivity index (χ1n) is 5.80. The molecule has 1 unspecified atom stereocenters. The van der Waals surface area contributed by atoms with Crippen molar-refractivity contribution in [3.8, 4) is 0 Å². The van der Waals surface area contributed by atoms with Crippen LogP contribution < -0.4 is 0 Å². The van der Waals surface area contributed by atoms with E-state index in [-0.39, 0.29) is 18.3 Å². The zero-order chi connectivity index (χ0) is 12.8. The van der Waals surface area contributed by atoms with E-state index in [1.807, 2.05) is 18.9 Å². The van der Waals surface area contributed by atoms with Crippen molar-refractivity contribution in [3.63, 3.8) is 0 Å². The Bertz CT molecular complexity index is 355. The molecule has 0 radical (unpaired) electrons. The number of halogens is 2. The minimum Gasteiger partial charge on any atom is -0.396 e. The van der Waals surface area contributed by atoms with Crippen molar-refractivity contribution in [3.05, 3.63) is 34.6 Å². The monoisotopic (exact) mass is 259 g/mol. The molecule has 0 saturated heterocycles. The highest BCUT2D eigenvalue weighted by atomic mass is 35.5. The van der Waals surface area contributed by atoms with Crippen LogP contribution in [0.5, 0.6) is 0 Å². The summed E-state index contributed by atoms with van der Waals surface area (Å²) < 4.78 is 13.5. The third-order valence-electron chi connectivity index (χ3n) is 2.85. The van der Waals surface area contributed by atoms with Crippen molar-refractivity contribution in [1.29, 1.82) is 0 Å². The van der Waals surface area contributed by atoms with Gasteiger partial charge in [0.2, 0.25) is 0 Å². The molecular formula is C13H19ClFNO. The Kier molecular flexibility index (Phi) is 5.89. The first kappa shape index (κ1) is 14.4. The van der Waals surface area contributed by atoms with Crippen LogP contribution in [0, 0.1) is 11.7 Å². The van der Waals surface area contributed by atoms with Crippen molar-refractivity contribution in [2.75, 3.05) is 20.2 Å². The van der Waals surface area contributed by atoms with Crippen molar-refractivity contribution in [1.82, 2.24) is 4.90 Å². The average molecular weight is 260 g/mol. The summed E-state index contributed by atoms with van der Waals surface area (Å²) in [4.78, 5) is 2.00. The fourth-order valence-electron chi connectivity index (χ4n) is 1.78. The van der Waals surface area contributed by atoms with Gasteiger partial charge >= 0.3 is 0 Å². The molecule has 0 aromatic heterocycles. The van der Waals surface area contributed by atoms with Gasteiger partial charge in [-0.3, -0.25) is 0 Å². The lowest BCUT2D eigenvalue weighted by atomic mass is 10.1. The molecule has 96 valence electrons. The van der Waals surface area contributed by atoms with Crippen molar-refractivity contribution >= 4 is 11.6 Å². The first-order valence-corrected chi connectivity index (χ1v) is 6.18. The van der Waals surface area contributed by atoms with Gasteiger partial charge in [-0.1, -0.05) is 18.5 Å². The van der Waals surface area contributed by atoms with Crippen molar-refractivity contribution in [2.24, 2.45) is 5.92 Å². The highest BCUT2D eigenvalue weighted by molar-refractivity contribution is 6.30. The van der Waals surface area contributed by atoms with Gasteiger partial charge in [0, 0.05) is 30.3 Å². The molecule has 1 atom stereocenters. The second kappa shape index (κ2) is 6.94. The molecule has 0 spiro atoms. The summed E-state index contributed by atoms with van der Waals surface area (Å²) in [5, 5.41) is 9.66. The third-order valence-corrected chi connectivity index (χ3v) is 3.09.